The van der Waals surface area contributed by atoms with Crippen molar-refractivity contribution in [3.05, 3.63) is 90.0 Å². The standard InChI is InChI=1S/C23H20N2O4/c26-23(22-16-28-20-12-6-7-13-21(20)29-22)25-24-14-18-10-4-5-11-19(18)27-15-17-8-2-1-3-9-17/h1-14,22H,15-16H2,(H,25,26)/b24-14-/t22-/m1/s1. The second-order valence-electron chi connectivity index (χ2n) is 6.41. The predicted molar refractivity (Wildman–Crippen MR) is 109 cm³/mol. The molecule has 0 saturated carbocycles. The van der Waals surface area contributed by atoms with Gasteiger partial charge < -0.3 is 14.2 Å². The summed E-state index contributed by atoms with van der Waals surface area (Å²) in [7, 11) is 0. The smallest absolute Gasteiger partial charge is 0.284 e. The molecule has 0 aromatic heterocycles. The third-order valence-electron chi connectivity index (χ3n) is 4.34. The molecule has 0 radical (unpaired) electrons. The van der Waals surface area contributed by atoms with Crippen LogP contribution in [0.25, 0.3) is 0 Å². The zero-order valence-corrected chi connectivity index (χ0v) is 15.7. The highest BCUT2D eigenvalue weighted by molar-refractivity contribution is 5.86. The molecule has 6 heteroatoms. The first-order chi connectivity index (χ1) is 14.3. The second-order valence-corrected chi connectivity index (χ2v) is 6.41. The third kappa shape index (κ3) is 4.73. The van der Waals surface area contributed by atoms with Crippen LogP contribution in [-0.2, 0) is 11.4 Å². The maximum Gasteiger partial charge on any atom is 0.284 e. The van der Waals surface area contributed by atoms with Gasteiger partial charge >= 0.3 is 0 Å². The van der Waals surface area contributed by atoms with Crippen molar-refractivity contribution in [3.63, 3.8) is 0 Å². The normalized spacial score (nSPS) is 15.1. The monoisotopic (exact) mass is 388 g/mol. The zero-order valence-electron chi connectivity index (χ0n) is 15.7. The summed E-state index contributed by atoms with van der Waals surface area (Å²) in [4.78, 5) is 12.3. The van der Waals surface area contributed by atoms with Crippen molar-refractivity contribution >= 4 is 12.1 Å². The van der Waals surface area contributed by atoms with E-state index in [1.54, 1.807) is 18.3 Å². The van der Waals surface area contributed by atoms with E-state index in [0.717, 1.165) is 11.1 Å². The Bertz CT molecular complexity index is 1000. The molecule has 0 saturated heterocycles. The second kappa shape index (κ2) is 8.93. The Morgan fingerprint density at radius 1 is 1.00 bits per heavy atom. The SMILES string of the molecule is O=C(N/N=C\c1ccccc1OCc1ccccc1)[C@H]1COc2ccccc2O1. The predicted octanol–water partition coefficient (Wildman–Crippen LogP) is 3.56. The van der Waals surface area contributed by atoms with Crippen molar-refractivity contribution in [2.45, 2.75) is 12.7 Å². The lowest BCUT2D eigenvalue weighted by molar-refractivity contribution is -0.130. The van der Waals surface area contributed by atoms with Gasteiger partial charge in [-0.25, -0.2) is 5.43 Å². The molecule has 1 amide bonds. The van der Waals surface area contributed by atoms with E-state index in [4.69, 9.17) is 14.2 Å². The van der Waals surface area contributed by atoms with E-state index in [-0.39, 0.29) is 12.5 Å². The average Bonchev–Trinajstić information content (AvgIpc) is 2.78. The Kier molecular flexibility index (Phi) is 5.71. The van der Waals surface area contributed by atoms with Crippen LogP contribution in [0.2, 0.25) is 0 Å². The van der Waals surface area contributed by atoms with Crippen LogP contribution in [0.5, 0.6) is 17.2 Å². The van der Waals surface area contributed by atoms with Crippen molar-refractivity contribution in [2.75, 3.05) is 6.61 Å². The van der Waals surface area contributed by atoms with E-state index in [1.807, 2.05) is 66.7 Å². The summed E-state index contributed by atoms with van der Waals surface area (Å²) < 4.78 is 17.1. The summed E-state index contributed by atoms with van der Waals surface area (Å²) in [6, 6.07) is 24.6. The number of hydrogen-bond donors (Lipinski definition) is 1. The quantitative estimate of drug-likeness (QED) is 0.518. The Balaban J connectivity index is 1.35. The highest BCUT2D eigenvalue weighted by Crippen LogP contribution is 2.30. The molecule has 1 atom stereocenters. The van der Waals surface area contributed by atoms with E-state index < -0.39 is 6.10 Å². The van der Waals surface area contributed by atoms with Gasteiger partial charge in [0, 0.05) is 5.56 Å². The van der Waals surface area contributed by atoms with Gasteiger partial charge in [0.05, 0.1) is 6.21 Å². The largest absolute Gasteiger partial charge is 0.488 e. The molecule has 3 aromatic rings. The van der Waals surface area contributed by atoms with Gasteiger partial charge in [-0.3, -0.25) is 4.79 Å². The van der Waals surface area contributed by atoms with Gasteiger partial charge in [0.2, 0.25) is 6.10 Å². The fraction of sp³-hybridized carbons (Fsp3) is 0.130. The number of nitrogens with one attached hydrogen (secondary N) is 1. The van der Waals surface area contributed by atoms with Gasteiger partial charge in [-0.1, -0.05) is 54.6 Å². The van der Waals surface area contributed by atoms with Crippen LogP contribution in [0.1, 0.15) is 11.1 Å². The maximum absolute atomic E-state index is 12.3. The lowest BCUT2D eigenvalue weighted by atomic mass is 10.2. The Hall–Kier alpha value is -3.80. The molecule has 0 fully saturated rings. The summed E-state index contributed by atoms with van der Waals surface area (Å²) in [6.45, 7) is 0.583. The molecule has 0 bridgehead atoms. The summed E-state index contributed by atoms with van der Waals surface area (Å²) >= 11 is 0. The first-order valence-electron chi connectivity index (χ1n) is 9.27. The molecule has 0 spiro atoms. The van der Waals surface area contributed by atoms with Crippen LogP contribution < -0.4 is 19.6 Å². The number of hydrogen-bond acceptors (Lipinski definition) is 5. The van der Waals surface area contributed by atoms with E-state index >= 15 is 0 Å². The number of hydrazone groups is 1. The highest BCUT2D eigenvalue weighted by atomic mass is 16.6. The average molecular weight is 388 g/mol. The van der Waals surface area contributed by atoms with Gasteiger partial charge in [-0.05, 0) is 29.8 Å². The highest BCUT2D eigenvalue weighted by Gasteiger charge is 2.26. The first kappa shape index (κ1) is 18.6. The molecular formula is C23H20N2O4. The molecule has 146 valence electrons. The van der Waals surface area contributed by atoms with Crippen molar-refractivity contribution < 1.29 is 19.0 Å². The van der Waals surface area contributed by atoms with E-state index in [0.29, 0.717) is 23.9 Å². The van der Waals surface area contributed by atoms with Crippen LogP contribution in [0.4, 0.5) is 0 Å². The van der Waals surface area contributed by atoms with Crippen LogP contribution >= 0.6 is 0 Å². The van der Waals surface area contributed by atoms with E-state index in [1.165, 1.54) is 0 Å². The van der Waals surface area contributed by atoms with Crippen LogP contribution in [-0.4, -0.2) is 24.8 Å². The number of para-hydroxylation sites is 3. The van der Waals surface area contributed by atoms with Gasteiger partial charge in [0.25, 0.3) is 5.91 Å². The number of benzene rings is 3. The summed E-state index contributed by atoms with van der Waals surface area (Å²) in [5.74, 6) is 1.48. The van der Waals surface area contributed by atoms with Gasteiger partial charge in [0.1, 0.15) is 19.0 Å². The fourth-order valence-corrected chi connectivity index (χ4v) is 2.84. The molecule has 0 unspecified atom stereocenters. The lowest BCUT2D eigenvalue weighted by Crippen LogP contribution is -2.42. The number of ether oxygens (including phenoxy) is 3. The van der Waals surface area contributed by atoms with Crippen LogP contribution in [0, 0.1) is 0 Å². The molecule has 1 aliphatic rings. The zero-order chi connectivity index (χ0) is 19.9. The van der Waals surface area contributed by atoms with Gasteiger partial charge in [-0.2, -0.15) is 5.10 Å². The third-order valence-corrected chi connectivity index (χ3v) is 4.34. The molecule has 1 N–H and O–H groups in total. The summed E-state index contributed by atoms with van der Waals surface area (Å²) in [6.07, 6.45) is 0.794. The Labute approximate surface area is 168 Å². The van der Waals surface area contributed by atoms with Gasteiger partial charge in [0.15, 0.2) is 11.5 Å². The number of amides is 1. The van der Waals surface area contributed by atoms with E-state index in [2.05, 4.69) is 10.5 Å². The molecule has 3 aromatic carbocycles. The number of carbonyl (C=O) groups is 1. The lowest BCUT2D eigenvalue weighted by Gasteiger charge is -2.24. The van der Waals surface area contributed by atoms with Gasteiger partial charge in [-0.15, -0.1) is 0 Å². The van der Waals surface area contributed by atoms with Crippen molar-refractivity contribution in [2.24, 2.45) is 5.10 Å². The molecule has 29 heavy (non-hydrogen) atoms. The number of fused-ring (bicyclic) bond motifs is 1. The minimum Gasteiger partial charge on any atom is -0.488 e. The van der Waals surface area contributed by atoms with Crippen LogP contribution in [0.3, 0.4) is 0 Å². The number of rotatable bonds is 6. The summed E-state index contributed by atoms with van der Waals surface area (Å²) in [5, 5.41) is 4.05. The molecule has 0 aliphatic carbocycles. The van der Waals surface area contributed by atoms with E-state index in [9.17, 15) is 4.79 Å². The fourth-order valence-electron chi connectivity index (χ4n) is 2.84. The number of nitrogens with zero attached hydrogens (tertiary/aromatic N) is 1. The Morgan fingerprint density at radius 3 is 2.59 bits per heavy atom. The van der Waals surface area contributed by atoms with Crippen LogP contribution in [0.15, 0.2) is 84.0 Å². The van der Waals surface area contributed by atoms with Crippen molar-refractivity contribution in [1.82, 2.24) is 5.43 Å². The number of carbonyl (C=O) groups excluding carboxylic acids is 1. The Morgan fingerprint density at radius 2 is 1.72 bits per heavy atom. The molecule has 1 aliphatic heterocycles. The topological polar surface area (TPSA) is 69.2 Å². The molecular weight excluding hydrogens is 368 g/mol. The first-order valence-corrected chi connectivity index (χ1v) is 9.27. The minimum absolute atomic E-state index is 0.134. The molecule has 4 rings (SSSR count). The van der Waals surface area contributed by atoms with Crippen molar-refractivity contribution in [1.29, 1.82) is 0 Å². The molecule has 1 heterocycles. The summed E-state index contributed by atoms with van der Waals surface area (Å²) in [5.41, 5.74) is 4.33. The maximum atomic E-state index is 12.3. The van der Waals surface area contributed by atoms with Crippen molar-refractivity contribution in [3.8, 4) is 17.2 Å². The molecule has 6 nitrogen and oxygen atoms in total. The minimum atomic E-state index is -0.758.